The van der Waals surface area contributed by atoms with Gasteiger partial charge in [-0.25, -0.2) is 5.01 Å². The molecule has 0 aromatic heterocycles. The fraction of sp³-hybridized carbons (Fsp3) is 0.600. The van der Waals surface area contributed by atoms with Crippen LogP contribution in [0.2, 0.25) is 0 Å². The lowest BCUT2D eigenvalue weighted by Gasteiger charge is -2.37. The molecule has 1 aliphatic heterocycles. The van der Waals surface area contributed by atoms with Crippen LogP contribution in [0.5, 0.6) is 0 Å². The Bertz CT molecular complexity index is 407. The van der Waals surface area contributed by atoms with E-state index in [9.17, 15) is 19.2 Å². The highest BCUT2D eigenvalue weighted by Crippen LogP contribution is 2.09. The Balaban J connectivity index is 3.00. The Hall–Kier alpha value is -1.96. The van der Waals surface area contributed by atoms with Gasteiger partial charge >= 0.3 is 0 Å². The topological polar surface area (TPSA) is 104 Å². The highest BCUT2D eigenvalue weighted by Gasteiger charge is 2.37. The van der Waals surface area contributed by atoms with Gasteiger partial charge in [-0.3, -0.25) is 19.2 Å². The number of rotatable bonds is 2. The number of carbonyl (C=O) groups is 4. The largest absolute Gasteiger partial charge is 0.335 e. The normalized spacial score (nSPS) is 17.8. The Morgan fingerprint density at radius 3 is 2.28 bits per heavy atom. The molecule has 0 radical (unpaired) electrons. The lowest BCUT2D eigenvalue weighted by molar-refractivity contribution is -0.179. The van der Waals surface area contributed by atoms with Crippen molar-refractivity contribution < 1.29 is 19.2 Å². The van der Waals surface area contributed by atoms with Crippen LogP contribution in [0.4, 0.5) is 0 Å². The molecule has 1 rings (SSSR count). The molecule has 1 heterocycles. The van der Waals surface area contributed by atoms with E-state index >= 15 is 0 Å². The van der Waals surface area contributed by atoms with Gasteiger partial charge in [0.1, 0.15) is 13.1 Å². The molecule has 1 aliphatic rings. The molecule has 0 spiro atoms. The first-order valence-corrected chi connectivity index (χ1v) is 5.40. The predicted octanol–water partition coefficient (Wildman–Crippen LogP) is -2.08. The number of piperazine rings is 1. The second-order valence-electron chi connectivity index (χ2n) is 4.16. The molecule has 0 bridgehead atoms. The van der Waals surface area contributed by atoms with Crippen molar-refractivity contribution in [3.63, 3.8) is 0 Å². The molecule has 0 aromatic rings. The number of hydrazine groups is 1. The van der Waals surface area contributed by atoms with Crippen LogP contribution in [-0.4, -0.2) is 64.7 Å². The number of imide groups is 1. The van der Waals surface area contributed by atoms with Gasteiger partial charge in [-0.15, -0.1) is 0 Å². The van der Waals surface area contributed by atoms with Gasteiger partial charge in [0.2, 0.25) is 11.8 Å². The summed E-state index contributed by atoms with van der Waals surface area (Å²) in [6, 6.07) is -0.934. The van der Waals surface area contributed by atoms with Gasteiger partial charge in [0, 0.05) is 14.0 Å². The molecule has 2 N–H and O–H groups in total. The third kappa shape index (κ3) is 2.65. The molecule has 0 saturated carbocycles. The van der Waals surface area contributed by atoms with Crippen LogP contribution in [0.1, 0.15) is 13.8 Å². The van der Waals surface area contributed by atoms with Crippen LogP contribution in [0.3, 0.4) is 0 Å². The molecule has 8 nitrogen and oxygen atoms in total. The van der Waals surface area contributed by atoms with Crippen molar-refractivity contribution in [3.05, 3.63) is 0 Å². The summed E-state index contributed by atoms with van der Waals surface area (Å²) in [6.45, 7) is 2.03. The van der Waals surface area contributed by atoms with Crippen LogP contribution in [0, 0.1) is 0 Å². The highest BCUT2D eigenvalue weighted by molar-refractivity contribution is 6.01. The molecule has 1 saturated heterocycles. The fourth-order valence-electron chi connectivity index (χ4n) is 1.53. The number of nitrogens with zero attached hydrogens (tertiary/aromatic N) is 3. The molecule has 1 atom stereocenters. The van der Waals surface area contributed by atoms with E-state index in [1.807, 2.05) is 0 Å². The van der Waals surface area contributed by atoms with E-state index in [0.717, 1.165) is 11.9 Å². The van der Waals surface area contributed by atoms with Crippen LogP contribution < -0.4 is 5.73 Å². The van der Waals surface area contributed by atoms with Crippen LogP contribution >= 0.6 is 0 Å². The standard InChI is InChI=1S/C10H16N4O4/c1-6(11)10(18)14(7(2)15)13-5-8(16)12(3)4-9(13)17/h6H,4-5,11H2,1-3H3. The number of carbonyl (C=O) groups excluding carboxylic acids is 4. The van der Waals surface area contributed by atoms with Crippen LogP contribution in [0.15, 0.2) is 0 Å². The Morgan fingerprint density at radius 2 is 1.83 bits per heavy atom. The SMILES string of the molecule is CC(=O)N(C(=O)C(C)N)N1CC(=O)N(C)CC1=O. The number of amides is 4. The smallest absolute Gasteiger partial charge is 0.264 e. The Kier molecular flexibility index (Phi) is 4.02. The van der Waals surface area contributed by atoms with Crippen LogP contribution in [0.25, 0.3) is 0 Å². The lowest BCUT2D eigenvalue weighted by Crippen LogP contribution is -2.63. The summed E-state index contributed by atoms with van der Waals surface area (Å²) >= 11 is 0. The van der Waals surface area contributed by atoms with E-state index in [1.54, 1.807) is 0 Å². The molecule has 8 heteroatoms. The molecular formula is C10H16N4O4. The summed E-state index contributed by atoms with van der Waals surface area (Å²) in [6.07, 6.45) is 0. The van der Waals surface area contributed by atoms with Gasteiger partial charge < -0.3 is 10.6 Å². The molecule has 1 unspecified atom stereocenters. The van der Waals surface area contributed by atoms with E-state index in [2.05, 4.69) is 0 Å². The van der Waals surface area contributed by atoms with E-state index in [0.29, 0.717) is 5.01 Å². The van der Waals surface area contributed by atoms with Crippen molar-refractivity contribution in [2.75, 3.05) is 20.1 Å². The number of hydrogen-bond acceptors (Lipinski definition) is 5. The van der Waals surface area contributed by atoms with Crippen LogP contribution in [-0.2, 0) is 19.2 Å². The Morgan fingerprint density at radius 1 is 1.28 bits per heavy atom. The first-order valence-electron chi connectivity index (χ1n) is 5.40. The second kappa shape index (κ2) is 5.13. The molecular weight excluding hydrogens is 240 g/mol. The first kappa shape index (κ1) is 14.1. The highest BCUT2D eigenvalue weighted by atomic mass is 16.2. The minimum Gasteiger partial charge on any atom is -0.335 e. The van der Waals surface area contributed by atoms with Crippen molar-refractivity contribution >= 4 is 23.6 Å². The van der Waals surface area contributed by atoms with Gasteiger partial charge in [-0.2, -0.15) is 5.01 Å². The van der Waals surface area contributed by atoms with Gasteiger partial charge in [0.05, 0.1) is 6.04 Å². The van der Waals surface area contributed by atoms with E-state index in [-0.39, 0.29) is 19.0 Å². The summed E-state index contributed by atoms with van der Waals surface area (Å²) in [5, 5.41) is 1.48. The first-order chi connectivity index (χ1) is 8.25. The van der Waals surface area contributed by atoms with E-state index in [1.165, 1.54) is 18.9 Å². The van der Waals surface area contributed by atoms with E-state index < -0.39 is 23.8 Å². The Labute approximate surface area is 104 Å². The number of likely N-dealkylation sites (N-methyl/N-ethyl adjacent to an activating group) is 1. The monoisotopic (exact) mass is 256 g/mol. The predicted molar refractivity (Wildman–Crippen MR) is 60.5 cm³/mol. The van der Waals surface area contributed by atoms with E-state index in [4.69, 9.17) is 5.73 Å². The summed E-state index contributed by atoms with van der Waals surface area (Å²) in [4.78, 5) is 47.8. The molecule has 0 aromatic carbocycles. The zero-order valence-electron chi connectivity index (χ0n) is 10.5. The number of hydrogen-bond donors (Lipinski definition) is 1. The summed E-state index contributed by atoms with van der Waals surface area (Å²) in [5.41, 5.74) is 5.41. The third-order valence-electron chi connectivity index (χ3n) is 2.51. The third-order valence-corrected chi connectivity index (χ3v) is 2.51. The average Bonchev–Trinajstić information content (AvgIpc) is 2.24. The average molecular weight is 256 g/mol. The van der Waals surface area contributed by atoms with Gasteiger partial charge in [-0.1, -0.05) is 0 Å². The number of nitrogens with two attached hydrogens (primary N) is 1. The molecule has 1 fully saturated rings. The van der Waals surface area contributed by atoms with Gasteiger partial charge in [-0.05, 0) is 6.92 Å². The van der Waals surface area contributed by atoms with Crippen molar-refractivity contribution in [2.24, 2.45) is 5.73 Å². The van der Waals surface area contributed by atoms with Crippen molar-refractivity contribution in [2.45, 2.75) is 19.9 Å². The van der Waals surface area contributed by atoms with Gasteiger partial charge in [0.25, 0.3) is 11.8 Å². The fourth-order valence-corrected chi connectivity index (χ4v) is 1.53. The molecule has 100 valence electrons. The minimum absolute atomic E-state index is 0.172. The zero-order chi connectivity index (χ0) is 14.0. The molecule has 18 heavy (non-hydrogen) atoms. The summed E-state index contributed by atoms with van der Waals surface area (Å²) in [5.74, 6) is -2.21. The second-order valence-corrected chi connectivity index (χ2v) is 4.16. The zero-order valence-corrected chi connectivity index (χ0v) is 10.5. The minimum atomic E-state index is -0.934. The van der Waals surface area contributed by atoms with Crippen molar-refractivity contribution in [1.82, 2.24) is 14.9 Å². The maximum absolute atomic E-state index is 11.8. The lowest BCUT2D eigenvalue weighted by atomic mass is 10.3. The summed E-state index contributed by atoms with van der Waals surface area (Å²) < 4.78 is 0. The summed E-state index contributed by atoms with van der Waals surface area (Å²) in [7, 11) is 1.48. The maximum atomic E-state index is 11.8. The van der Waals surface area contributed by atoms with Crippen molar-refractivity contribution in [1.29, 1.82) is 0 Å². The molecule has 0 aliphatic carbocycles. The quantitative estimate of drug-likeness (QED) is 0.611. The maximum Gasteiger partial charge on any atom is 0.264 e. The van der Waals surface area contributed by atoms with Crippen molar-refractivity contribution in [3.8, 4) is 0 Å². The van der Waals surface area contributed by atoms with Gasteiger partial charge in [0.15, 0.2) is 0 Å². The molecule has 4 amide bonds.